The molecule has 0 bridgehead atoms. The Balaban J connectivity index is 2.73. The van der Waals surface area contributed by atoms with Gasteiger partial charge < -0.3 is 0 Å². The second kappa shape index (κ2) is 4.84. The summed E-state index contributed by atoms with van der Waals surface area (Å²) >= 11 is 3.11. The fourth-order valence-corrected chi connectivity index (χ4v) is 1.89. The van der Waals surface area contributed by atoms with Crippen molar-refractivity contribution in [2.75, 3.05) is 10.5 Å². The standard InChI is InChI=1S/C7H7BrF2N2O2S/c8-5-1-2-7(11-3-5)12-15(13,14)4-6(9)10/h1-3,6H,4H2,(H,11,12). The van der Waals surface area contributed by atoms with Crippen molar-refractivity contribution in [1.29, 1.82) is 0 Å². The minimum Gasteiger partial charge on any atom is -0.267 e. The molecule has 1 heterocycles. The van der Waals surface area contributed by atoms with Gasteiger partial charge in [0.25, 0.3) is 6.43 Å². The van der Waals surface area contributed by atoms with Crippen molar-refractivity contribution in [3.63, 3.8) is 0 Å². The molecule has 0 saturated heterocycles. The monoisotopic (exact) mass is 300 g/mol. The first-order valence-corrected chi connectivity index (χ1v) is 6.24. The predicted molar refractivity (Wildman–Crippen MR) is 55.4 cm³/mol. The Labute approximate surface area is 93.9 Å². The lowest BCUT2D eigenvalue weighted by molar-refractivity contribution is 0.174. The van der Waals surface area contributed by atoms with Gasteiger partial charge in [-0.05, 0) is 28.1 Å². The van der Waals surface area contributed by atoms with Gasteiger partial charge in [-0.3, -0.25) is 4.72 Å². The van der Waals surface area contributed by atoms with E-state index in [2.05, 4.69) is 20.9 Å². The fraction of sp³-hybridized carbons (Fsp3) is 0.286. The lowest BCUT2D eigenvalue weighted by Crippen LogP contribution is -2.21. The number of alkyl halides is 2. The second-order valence-electron chi connectivity index (χ2n) is 2.64. The van der Waals surface area contributed by atoms with Crippen molar-refractivity contribution in [2.45, 2.75) is 6.43 Å². The molecular weight excluding hydrogens is 294 g/mol. The number of halogens is 3. The van der Waals surface area contributed by atoms with Gasteiger partial charge in [0, 0.05) is 10.7 Å². The molecule has 0 radical (unpaired) electrons. The number of sulfonamides is 1. The zero-order valence-electron chi connectivity index (χ0n) is 7.32. The number of nitrogens with one attached hydrogen (secondary N) is 1. The number of hydrogen-bond acceptors (Lipinski definition) is 3. The molecule has 0 atom stereocenters. The van der Waals surface area contributed by atoms with E-state index >= 15 is 0 Å². The summed E-state index contributed by atoms with van der Waals surface area (Å²) < 4.78 is 48.4. The Morgan fingerprint density at radius 2 is 2.13 bits per heavy atom. The van der Waals surface area contributed by atoms with E-state index in [-0.39, 0.29) is 5.82 Å². The number of anilines is 1. The molecule has 1 aromatic heterocycles. The van der Waals surface area contributed by atoms with Gasteiger partial charge in [-0.15, -0.1) is 0 Å². The van der Waals surface area contributed by atoms with Crippen LogP contribution in [0.4, 0.5) is 14.6 Å². The van der Waals surface area contributed by atoms with Crippen LogP contribution in [0.2, 0.25) is 0 Å². The fourth-order valence-electron chi connectivity index (χ4n) is 0.803. The molecule has 0 aliphatic heterocycles. The largest absolute Gasteiger partial charge is 0.267 e. The van der Waals surface area contributed by atoms with E-state index in [1.807, 2.05) is 4.72 Å². The van der Waals surface area contributed by atoms with Gasteiger partial charge in [-0.25, -0.2) is 22.2 Å². The zero-order valence-corrected chi connectivity index (χ0v) is 9.72. The summed E-state index contributed by atoms with van der Waals surface area (Å²) in [6, 6.07) is 2.92. The van der Waals surface area contributed by atoms with Gasteiger partial charge in [0.1, 0.15) is 11.6 Å². The van der Waals surface area contributed by atoms with Crippen LogP contribution in [0.25, 0.3) is 0 Å². The van der Waals surface area contributed by atoms with Crippen LogP contribution < -0.4 is 4.72 Å². The summed E-state index contributed by atoms with van der Waals surface area (Å²) in [5, 5.41) is 0. The molecule has 1 aromatic rings. The first kappa shape index (κ1) is 12.3. The molecule has 0 fully saturated rings. The van der Waals surface area contributed by atoms with Crippen molar-refractivity contribution in [2.24, 2.45) is 0 Å². The van der Waals surface area contributed by atoms with E-state index in [0.29, 0.717) is 4.47 Å². The first-order chi connectivity index (χ1) is 6.89. The first-order valence-electron chi connectivity index (χ1n) is 3.79. The SMILES string of the molecule is O=S(=O)(CC(F)F)Nc1ccc(Br)cn1. The van der Waals surface area contributed by atoms with Gasteiger partial charge in [0.2, 0.25) is 10.0 Å². The molecule has 0 saturated carbocycles. The maximum Gasteiger partial charge on any atom is 0.254 e. The molecule has 1 N–H and O–H groups in total. The van der Waals surface area contributed by atoms with Crippen molar-refractivity contribution in [1.82, 2.24) is 4.98 Å². The smallest absolute Gasteiger partial charge is 0.254 e. The molecule has 0 spiro atoms. The maximum atomic E-state index is 11.9. The lowest BCUT2D eigenvalue weighted by atomic mass is 10.5. The van der Waals surface area contributed by atoms with Crippen LogP contribution in [0.5, 0.6) is 0 Å². The Kier molecular flexibility index (Phi) is 3.97. The third kappa shape index (κ3) is 4.52. The highest BCUT2D eigenvalue weighted by Crippen LogP contribution is 2.12. The molecule has 8 heteroatoms. The summed E-state index contributed by atoms with van der Waals surface area (Å²) in [5.41, 5.74) is 0. The van der Waals surface area contributed by atoms with Gasteiger partial charge in [0.05, 0.1) is 0 Å². The van der Waals surface area contributed by atoms with Crippen LogP contribution in [-0.2, 0) is 10.0 Å². The summed E-state index contributed by atoms with van der Waals surface area (Å²) in [6.07, 6.45) is -1.54. The molecule has 0 aliphatic carbocycles. The number of rotatable bonds is 4. The normalized spacial score (nSPS) is 11.7. The minimum absolute atomic E-state index is 0.0128. The van der Waals surface area contributed by atoms with Crippen molar-refractivity contribution >= 4 is 31.8 Å². The molecule has 0 aliphatic rings. The summed E-state index contributed by atoms with van der Waals surface area (Å²) in [4.78, 5) is 3.69. The van der Waals surface area contributed by atoms with E-state index in [0.717, 1.165) is 0 Å². The molecule has 0 amide bonds. The predicted octanol–water partition coefficient (Wildman–Crippen LogP) is 1.85. The number of pyridine rings is 1. The van der Waals surface area contributed by atoms with Crippen LogP contribution in [0.3, 0.4) is 0 Å². The van der Waals surface area contributed by atoms with Crippen LogP contribution in [-0.4, -0.2) is 25.6 Å². The summed E-state index contributed by atoms with van der Waals surface area (Å²) in [5.74, 6) is -1.22. The quantitative estimate of drug-likeness (QED) is 0.923. The molecule has 84 valence electrons. The molecule has 1 rings (SSSR count). The van der Waals surface area contributed by atoms with E-state index in [1.54, 1.807) is 6.07 Å². The number of nitrogens with zero attached hydrogens (tertiary/aromatic N) is 1. The highest BCUT2D eigenvalue weighted by atomic mass is 79.9. The molecule has 4 nitrogen and oxygen atoms in total. The maximum absolute atomic E-state index is 11.9. The third-order valence-corrected chi connectivity index (χ3v) is 3.01. The van der Waals surface area contributed by atoms with Crippen LogP contribution in [0, 0.1) is 0 Å². The van der Waals surface area contributed by atoms with E-state index in [4.69, 9.17) is 0 Å². The number of hydrogen-bond donors (Lipinski definition) is 1. The molecule has 0 aromatic carbocycles. The highest BCUT2D eigenvalue weighted by Gasteiger charge is 2.17. The van der Waals surface area contributed by atoms with Crippen LogP contribution in [0.15, 0.2) is 22.8 Å². The Morgan fingerprint density at radius 1 is 1.47 bits per heavy atom. The Bertz CT molecular complexity index is 421. The highest BCUT2D eigenvalue weighted by molar-refractivity contribution is 9.10. The van der Waals surface area contributed by atoms with E-state index in [1.165, 1.54) is 12.3 Å². The minimum atomic E-state index is -4.02. The molecular formula is C7H7BrF2N2O2S. The third-order valence-electron chi connectivity index (χ3n) is 1.33. The zero-order chi connectivity index (χ0) is 11.5. The summed E-state index contributed by atoms with van der Waals surface area (Å²) in [6.45, 7) is 0. The van der Waals surface area contributed by atoms with E-state index < -0.39 is 22.2 Å². The van der Waals surface area contributed by atoms with Crippen LogP contribution >= 0.6 is 15.9 Å². The van der Waals surface area contributed by atoms with Crippen molar-refractivity contribution in [3.05, 3.63) is 22.8 Å². The van der Waals surface area contributed by atoms with E-state index in [9.17, 15) is 17.2 Å². The van der Waals surface area contributed by atoms with Crippen molar-refractivity contribution < 1.29 is 17.2 Å². The topological polar surface area (TPSA) is 59.1 Å². The molecule has 15 heavy (non-hydrogen) atoms. The average Bonchev–Trinajstić information content (AvgIpc) is 2.06. The summed E-state index contributed by atoms with van der Waals surface area (Å²) in [7, 11) is -4.02. The van der Waals surface area contributed by atoms with Gasteiger partial charge in [0.15, 0.2) is 0 Å². The van der Waals surface area contributed by atoms with Crippen LogP contribution in [0.1, 0.15) is 0 Å². The molecule has 0 unspecified atom stereocenters. The van der Waals surface area contributed by atoms with Gasteiger partial charge in [-0.1, -0.05) is 0 Å². The number of aromatic nitrogens is 1. The Morgan fingerprint density at radius 3 is 2.60 bits per heavy atom. The van der Waals surface area contributed by atoms with Crippen molar-refractivity contribution in [3.8, 4) is 0 Å². The van der Waals surface area contributed by atoms with Gasteiger partial charge >= 0.3 is 0 Å². The average molecular weight is 301 g/mol. The van der Waals surface area contributed by atoms with Gasteiger partial charge in [-0.2, -0.15) is 0 Å². The lowest BCUT2D eigenvalue weighted by Gasteiger charge is -2.06. The second-order valence-corrected chi connectivity index (χ2v) is 5.32. The Hall–Kier alpha value is -0.760.